The molecular formula is C22H23N3O6S. The Hall–Kier alpha value is -3.53. The molecule has 2 aromatic carbocycles. The predicted octanol–water partition coefficient (Wildman–Crippen LogP) is 4.22. The number of benzene rings is 2. The number of carbonyl (C=O) groups is 1. The number of nitrogens with zero attached hydrogens (tertiary/aromatic N) is 3. The van der Waals surface area contributed by atoms with Crippen molar-refractivity contribution < 1.29 is 22.9 Å². The van der Waals surface area contributed by atoms with Gasteiger partial charge in [-0.2, -0.15) is 5.10 Å². The summed E-state index contributed by atoms with van der Waals surface area (Å²) in [7, 11) is -4.07. The minimum Gasteiger partial charge on any atom is -0.403 e. The lowest BCUT2D eigenvalue weighted by molar-refractivity contribution is -0.385. The van der Waals surface area contributed by atoms with E-state index in [9.17, 15) is 23.3 Å². The molecule has 3 rings (SSSR count). The lowest BCUT2D eigenvalue weighted by Gasteiger charge is -2.22. The van der Waals surface area contributed by atoms with Gasteiger partial charge in [0, 0.05) is 11.6 Å². The second-order valence-electron chi connectivity index (χ2n) is 8.22. The van der Waals surface area contributed by atoms with Crippen molar-refractivity contribution in [3.8, 4) is 5.88 Å². The van der Waals surface area contributed by atoms with E-state index in [1.807, 2.05) is 0 Å². The molecule has 0 saturated heterocycles. The molecule has 0 N–H and O–H groups in total. The third kappa shape index (κ3) is 4.13. The molecule has 3 aromatic rings. The maximum atomic E-state index is 13.4. The van der Waals surface area contributed by atoms with Crippen LogP contribution >= 0.6 is 0 Å². The number of rotatable bonds is 5. The van der Waals surface area contributed by atoms with Crippen LogP contribution in [0.5, 0.6) is 5.88 Å². The highest BCUT2D eigenvalue weighted by Gasteiger charge is 2.35. The molecule has 0 amide bonds. The molecule has 32 heavy (non-hydrogen) atoms. The first kappa shape index (κ1) is 23.1. The molecule has 0 radical (unpaired) electrons. The summed E-state index contributed by atoms with van der Waals surface area (Å²) < 4.78 is 33.7. The van der Waals surface area contributed by atoms with E-state index in [-0.39, 0.29) is 38.2 Å². The van der Waals surface area contributed by atoms with Gasteiger partial charge >= 0.3 is 5.97 Å². The monoisotopic (exact) mass is 457 g/mol. The SMILES string of the molecule is Cc1nn(C(C)(C)C)c(OC(=O)c2cccc([N+](=O)[O-])c2C)c1S(=O)(=O)c1ccccc1. The summed E-state index contributed by atoms with van der Waals surface area (Å²) in [5, 5.41) is 15.6. The molecule has 0 spiro atoms. The number of esters is 1. The van der Waals surface area contributed by atoms with Crippen molar-refractivity contribution in [2.24, 2.45) is 0 Å². The van der Waals surface area contributed by atoms with Crippen LogP contribution in [-0.4, -0.2) is 29.1 Å². The molecule has 0 unspecified atom stereocenters. The van der Waals surface area contributed by atoms with Gasteiger partial charge in [0.15, 0.2) is 4.90 Å². The van der Waals surface area contributed by atoms with Gasteiger partial charge in [0.1, 0.15) is 0 Å². The minimum atomic E-state index is -4.07. The van der Waals surface area contributed by atoms with E-state index in [2.05, 4.69) is 5.10 Å². The van der Waals surface area contributed by atoms with Crippen molar-refractivity contribution in [1.82, 2.24) is 9.78 Å². The van der Waals surface area contributed by atoms with Crippen molar-refractivity contribution in [2.45, 2.75) is 49.9 Å². The van der Waals surface area contributed by atoms with E-state index >= 15 is 0 Å². The Bertz CT molecular complexity index is 1310. The number of aromatic nitrogens is 2. The second-order valence-corrected chi connectivity index (χ2v) is 10.1. The Morgan fingerprint density at radius 1 is 1.06 bits per heavy atom. The predicted molar refractivity (Wildman–Crippen MR) is 117 cm³/mol. The summed E-state index contributed by atoms with van der Waals surface area (Å²) in [6.07, 6.45) is 0. The molecule has 0 saturated carbocycles. The molecule has 0 aliphatic rings. The van der Waals surface area contributed by atoms with Crippen LogP contribution < -0.4 is 4.74 Å². The highest BCUT2D eigenvalue weighted by Crippen LogP contribution is 2.36. The van der Waals surface area contributed by atoms with Crippen LogP contribution in [0.3, 0.4) is 0 Å². The number of carbonyl (C=O) groups excluding carboxylic acids is 1. The molecule has 0 aliphatic carbocycles. The van der Waals surface area contributed by atoms with Crippen LogP contribution in [0.1, 0.15) is 42.4 Å². The maximum Gasteiger partial charge on any atom is 0.345 e. The Balaban J connectivity index is 2.20. The average molecular weight is 458 g/mol. The Morgan fingerprint density at radius 3 is 2.25 bits per heavy atom. The third-order valence-electron chi connectivity index (χ3n) is 4.83. The Labute approximate surface area is 185 Å². The molecular weight excluding hydrogens is 434 g/mol. The van der Waals surface area contributed by atoms with E-state index in [1.54, 1.807) is 39.0 Å². The minimum absolute atomic E-state index is 0.0281. The summed E-state index contributed by atoms with van der Waals surface area (Å²) >= 11 is 0. The van der Waals surface area contributed by atoms with E-state index < -0.39 is 26.3 Å². The molecule has 168 valence electrons. The first-order valence-corrected chi connectivity index (χ1v) is 11.2. The van der Waals surface area contributed by atoms with Gasteiger partial charge in [0.25, 0.3) is 5.69 Å². The summed E-state index contributed by atoms with van der Waals surface area (Å²) in [6, 6.07) is 11.8. The smallest absolute Gasteiger partial charge is 0.345 e. The van der Waals surface area contributed by atoms with Crippen LogP contribution in [0.25, 0.3) is 0 Å². The first-order valence-electron chi connectivity index (χ1n) is 9.72. The molecule has 0 aliphatic heterocycles. The number of hydrogen-bond donors (Lipinski definition) is 0. The number of nitro benzene ring substituents is 1. The highest BCUT2D eigenvalue weighted by atomic mass is 32.2. The van der Waals surface area contributed by atoms with E-state index in [4.69, 9.17) is 4.74 Å². The molecule has 1 heterocycles. The van der Waals surface area contributed by atoms with Gasteiger partial charge in [0.05, 0.1) is 26.6 Å². The highest BCUT2D eigenvalue weighted by molar-refractivity contribution is 7.91. The fourth-order valence-electron chi connectivity index (χ4n) is 3.25. The van der Waals surface area contributed by atoms with Gasteiger partial charge in [-0.05, 0) is 52.8 Å². The van der Waals surface area contributed by atoms with Crippen LogP contribution in [0.2, 0.25) is 0 Å². The van der Waals surface area contributed by atoms with Gasteiger partial charge < -0.3 is 4.74 Å². The van der Waals surface area contributed by atoms with E-state index in [0.717, 1.165) is 0 Å². The second kappa shape index (κ2) is 8.19. The summed E-state index contributed by atoms with van der Waals surface area (Å²) in [6.45, 7) is 8.31. The Kier molecular flexibility index (Phi) is 5.92. The molecule has 0 atom stereocenters. The zero-order valence-electron chi connectivity index (χ0n) is 18.3. The topological polar surface area (TPSA) is 121 Å². The number of ether oxygens (including phenoxy) is 1. The largest absolute Gasteiger partial charge is 0.403 e. The van der Waals surface area contributed by atoms with Crippen LogP contribution in [0, 0.1) is 24.0 Å². The van der Waals surface area contributed by atoms with Crippen LogP contribution in [-0.2, 0) is 15.4 Å². The van der Waals surface area contributed by atoms with Gasteiger partial charge in [-0.15, -0.1) is 0 Å². The normalized spacial score (nSPS) is 11.9. The number of aryl methyl sites for hydroxylation is 1. The number of sulfone groups is 1. The quantitative estimate of drug-likeness (QED) is 0.319. The van der Waals surface area contributed by atoms with Crippen molar-refractivity contribution in [3.63, 3.8) is 0 Å². The van der Waals surface area contributed by atoms with Gasteiger partial charge in [-0.25, -0.2) is 17.9 Å². The third-order valence-corrected chi connectivity index (χ3v) is 6.73. The summed E-state index contributed by atoms with van der Waals surface area (Å²) in [5.41, 5.74) is -0.711. The summed E-state index contributed by atoms with van der Waals surface area (Å²) in [5.74, 6) is -1.16. The fourth-order valence-corrected chi connectivity index (χ4v) is 4.79. The van der Waals surface area contributed by atoms with E-state index in [0.29, 0.717) is 0 Å². The lowest BCUT2D eigenvalue weighted by Crippen LogP contribution is -2.26. The maximum absolute atomic E-state index is 13.4. The molecule has 9 nitrogen and oxygen atoms in total. The van der Waals surface area contributed by atoms with Crippen molar-refractivity contribution in [1.29, 1.82) is 0 Å². The summed E-state index contributed by atoms with van der Waals surface area (Å²) in [4.78, 5) is 23.5. The first-order chi connectivity index (χ1) is 14.9. The fraction of sp³-hybridized carbons (Fsp3) is 0.273. The van der Waals surface area contributed by atoms with Crippen molar-refractivity contribution >= 4 is 21.5 Å². The van der Waals surface area contributed by atoms with Gasteiger partial charge in [0.2, 0.25) is 15.7 Å². The standard InChI is InChI=1S/C22H23N3O6S/c1-14-17(12-9-13-18(14)25(27)28)21(26)31-20-19(15(2)23-24(20)22(3,4)5)32(29,30)16-10-7-6-8-11-16/h6-13H,1-5H3. The molecule has 1 aromatic heterocycles. The zero-order chi connectivity index (χ0) is 23.8. The van der Waals surface area contributed by atoms with Crippen LogP contribution in [0.15, 0.2) is 58.3 Å². The molecule has 10 heteroatoms. The van der Waals surface area contributed by atoms with Crippen LogP contribution in [0.4, 0.5) is 5.69 Å². The number of hydrogen-bond acceptors (Lipinski definition) is 7. The Morgan fingerprint density at radius 2 is 1.69 bits per heavy atom. The van der Waals surface area contributed by atoms with Crippen molar-refractivity contribution in [3.05, 3.63) is 75.5 Å². The molecule has 0 bridgehead atoms. The lowest BCUT2D eigenvalue weighted by atomic mass is 10.1. The van der Waals surface area contributed by atoms with Gasteiger partial charge in [-0.1, -0.05) is 24.3 Å². The van der Waals surface area contributed by atoms with Crippen molar-refractivity contribution in [2.75, 3.05) is 0 Å². The van der Waals surface area contributed by atoms with Gasteiger partial charge in [-0.3, -0.25) is 10.1 Å². The zero-order valence-corrected chi connectivity index (χ0v) is 19.1. The number of nitro groups is 1. The average Bonchev–Trinajstić information content (AvgIpc) is 3.05. The molecule has 0 fully saturated rings. The van der Waals surface area contributed by atoms with E-state index in [1.165, 1.54) is 48.9 Å².